The highest BCUT2D eigenvalue weighted by molar-refractivity contribution is 6.01. The summed E-state index contributed by atoms with van der Waals surface area (Å²) in [4.78, 5) is 58.6. The van der Waals surface area contributed by atoms with Crippen molar-refractivity contribution in [2.45, 2.75) is 97.7 Å². The normalized spacial score (nSPS) is 17.0. The van der Waals surface area contributed by atoms with Crippen LogP contribution in [0.4, 0.5) is 46.3 Å². The Morgan fingerprint density at radius 1 is 0.651 bits per heavy atom. The second-order valence-electron chi connectivity index (χ2n) is 17.6. The molecule has 15 nitrogen and oxygen atoms in total. The highest BCUT2D eigenvalue weighted by Crippen LogP contribution is 2.34. The van der Waals surface area contributed by atoms with E-state index in [9.17, 15) is 9.59 Å². The largest absolute Gasteiger partial charge is 0.384 e. The van der Waals surface area contributed by atoms with Crippen molar-refractivity contribution in [3.63, 3.8) is 0 Å². The van der Waals surface area contributed by atoms with Crippen LogP contribution < -0.4 is 30.7 Å². The SMILES string of the molecule is CCC(CC)N1C(=O)Cc2cnc(Nc3cccc(NCCN4CCN(Cc5cc(Nc6ncc7c(n6)N(C(CC)CC)C(=O)C7)cc(N(C)CCN6CCCC6)c5)CC4)c3)nc21. The van der Waals surface area contributed by atoms with Crippen LogP contribution in [0.25, 0.3) is 0 Å². The van der Waals surface area contributed by atoms with E-state index in [-0.39, 0.29) is 23.9 Å². The Morgan fingerprint density at radius 3 is 1.81 bits per heavy atom. The van der Waals surface area contributed by atoms with Crippen molar-refractivity contribution in [1.29, 1.82) is 0 Å². The second-order valence-corrected chi connectivity index (χ2v) is 17.6. The number of amides is 2. The number of nitrogens with one attached hydrogen (secondary N) is 3. The number of anilines is 8. The summed E-state index contributed by atoms with van der Waals surface area (Å²) >= 11 is 0. The standard InChI is InChI=1S/C48H67N13O2/c1-6-40(7-2)60-43(62)27-35-31-50-47(54-45(35)60)52-38-14-12-13-37(29-38)49-15-18-58-21-23-59(24-22-58)33-34-25-39(30-42(26-34)56(5)19-20-57-16-10-11-17-57)53-48-51-32-36-28-44(63)61(46(36)55-48)41(8-3)9-4/h12-14,25-26,29-32,40-41,49H,6-11,15-24,27-28,33H2,1-5H3,(H,50,52,54)(H,51,53,55). The van der Waals surface area contributed by atoms with Crippen LogP contribution in [0.5, 0.6) is 0 Å². The predicted molar refractivity (Wildman–Crippen MR) is 254 cm³/mol. The van der Waals surface area contributed by atoms with E-state index in [2.05, 4.69) is 111 Å². The summed E-state index contributed by atoms with van der Waals surface area (Å²) in [5.74, 6) is 2.70. The average Bonchev–Trinajstić information content (AvgIpc) is 4.02. The minimum Gasteiger partial charge on any atom is -0.384 e. The van der Waals surface area contributed by atoms with Gasteiger partial charge in [0.15, 0.2) is 0 Å². The number of hydrogen-bond acceptors (Lipinski definition) is 13. The predicted octanol–water partition coefficient (Wildman–Crippen LogP) is 6.67. The quantitative estimate of drug-likeness (QED) is 0.0873. The molecule has 0 saturated carbocycles. The van der Waals surface area contributed by atoms with Gasteiger partial charge in [-0.1, -0.05) is 33.8 Å². The smallest absolute Gasteiger partial charge is 0.233 e. The third kappa shape index (κ3) is 10.5. The Hall–Kier alpha value is -5.38. The number of fused-ring (bicyclic) bond motifs is 2. The number of benzene rings is 2. The molecule has 2 aromatic heterocycles. The molecule has 2 saturated heterocycles. The van der Waals surface area contributed by atoms with Crippen molar-refractivity contribution in [2.24, 2.45) is 0 Å². The van der Waals surface area contributed by atoms with Gasteiger partial charge in [0.25, 0.3) is 0 Å². The van der Waals surface area contributed by atoms with Crippen molar-refractivity contribution in [2.75, 3.05) is 103 Å². The first-order valence-electron chi connectivity index (χ1n) is 23.5. The minimum absolute atomic E-state index is 0.101. The number of aromatic nitrogens is 4. The molecule has 0 atom stereocenters. The lowest BCUT2D eigenvalue weighted by atomic mass is 10.1. The van der Waals surface area contributed by atoms with E-state index in [1.54, 1.807) is 6.20 Å². The number of carbonyl (C=O) groups is 2. The van der Waals surface area contributed by atoms with Gasteiger partial charge in [0.1, 0.15) is 11.6 Å². The van der Waals surface area contributed by atoms with Gasteiger partial charge in [-0.25, -0.2) is 9.97 Å². The maximum Gasteiger partial charge on any atom is 0.233 e. The fraction of sp³-hybridized carbons (Fsp3) is 0.542. The molecule has 0 unspecified atom stereocenters. The van der Waals surface area contributed by atoms with Crippen molar-refractivity contribution < 1.29 is 9.59 Å². The van der Waals surface area contributed by atoms with E-state index in [1.807, 2.05) is 28.1 Å². The van der Waals surface area contributed by atoms with Gasteiger partial charge in [0.05, 0.1) is 12.8 Å². The average molecular weight is 858 g/mol. The Kier molecular flexibility index (Phi) is 14.3. The van der Waals surface area contributed by atoms with Crippen molar-refractivity contribution in [1.82, 2.24) is 34.6 Å². The number of likely N-dealkylation sites (N-methyl/N-ethyl adjacent to an activating group) is 1. The second kappa shape index (κ2) is 20.4. The molecule has 0 radical (unpaired) electrons. The van der Waals surface area contributed by atoms with E-state index in [4.69, 9.17) is 9.97 Å². The van der Waals surface area contributed by atoms with Crippen LogP contribution in [-0.4, -0.2) is 131 Å². The van der Waals surface area contributed by atoms with Gasteiger partial charge in [-0.15, -0.1) is 0 Å². The van der Waals surface area contributed by atoms with Gasteiger partial charge < -0.3 is 25.8 Å². The van der Waals surface area contributed by atoms with Crippen LogP contribution in [0.3, 0.4) is 0 Å². The van der Waals surface area contributed by atoms with Crippen molar-refractivity contribution >= 4 is 58.1 Å². The van der Waals surface area contributed by atoms with E-state index >= 15 is 0 Å². The van der Waals surface area contributed by atoms with E-state index in [0.29, 0.717) is 24.7 Å². The topological polar surface area (TPSA) is 141 Å². The Morgan fingerprint density at radius 2 is 1.21 bits per heavy atom. The van der Waals surface area contributed by atoms with Gasteiger partial charge in [-0.3, -0.25) is 29.2 Å². The highest BCUT2D eigenvalue weighted by atomic mass is 16.2. The summed E-state index contributed by atoms with van der Waals surface area (Å²) in [6.07, 6.45) is 10.5. The van der Waals surface area contributed by atoms with Crippen LogP contribution in [0.15, 0.2) is 54.9 Å². The number of likely N-dealkylation sites (tertiary alicyclic amines) is 1. The fourth-order valence-corrected chi connectivity index (χ4v) is 9.61. The lowest BCUT2D eigenvalue weighted by molar-refractivity contribution is -0.118. The lowest BCUT2D eigenvalue weighted by Crippen LogP contribution is -2.47. The zero-order valence-electron chi connectivity index (χ0n) is 38.1. The molecular formula is C48H67N13O2. The maximum absolute atomic E-state index is 13.0. The first kappa shape index (κ1) is 44.2. The number of rotatable bonds is 20. The molecule has 0 aliphatic carbocycles. The fourth-order valence-electron chi connectivity index (χ4n) is 9.61. The maximum atomic E-state index is 13.0. The number of piperazine rings is 1. The molecule has 0 spiro atoms. The molecule has 8 rings (SSSR count). The molecule has 4 aliphatic rings. The summed E-state index contributed by atoms with van der Waals surface area (Å²) in [7, 11) is 2.19. The zero-order valence-corrected chi connectivity index (χ0v) is 38.1. The number of nitrogens with zero attached hydrogens (tertiary/aromatic N) is 10. The van der Waals surface area contributed by atoms with Gasteiger partial charge in [-0.05, 0) is 93.6 Å². The summed E-state index contributed by atoms with van der Waals surface area (Å²) in [5, 5.41) is 10.5. The first-order valence-corrected chi connectivity index (χ1v) is 23.5. The zero-order chi connectivity index (χ0) is 43.9. The molecule has 336 valence electrons. The molecule has 2 fully saturated rings. The van der Waals surface area contributed by atoms with Crippen LogP contribution >= 0.6 is 0 Å². The third-order valence-corrected chi connectivity index (χ3v) is 13.3. The van der Waals surface area contributed by atoms with E-state index in [1.165, 1.54) is 37.2 Å². The number of hydrogen-bond donors (Lipinski definition) is 3. The molecule has 15 heteroatoms. The van der Waals surface area contributed by atoms with Crippen LogP contribution in [0.1, 0.15) is 82.9 Å². The molecule has 3 N–H and O–H groups in total. The van der Waals surface area contributed by atoms with Crippen molar-refractivity contribution in [3.05, 3.63) is 71.5 Å². The summed E-state index contributed by atoms with van der Waals surface area (Å²) in [5.41, 5.74) is 7.10. The summed E-state index contributed by atoms with van der Waals surface area (Å²) in [6, 6.07) is 15.3. The minimum atomic E-state index is 0.101. The van der Waals surface area contributed by atoms with Crippen LogP contribution in [-0.2, 0) is 29.0 Å². The Bertz CT molecular complexity index is 2200. The molecule has 4 aliphatic heterocycles. The van der Waals surface area contributed by atoms with Gasteiger partial charge in [0, 0.05) is 124 Å². The Labute approximate surface area is 373 Å². The Balaban J connectivity index is 0.863. The van der Waals surface area contributed by atoms with Crippen LogP contribution in [0.2, 0.25) is 0 Å². The molecule has 6 heterocycles. The first-order chi connectivity index (χ1) is 30.7. The third-order valence-electron chi connectivity index (χ3n) is 13.3. The summed E-state index contributed by atoms with van der Waals surface area (Å²) < 4.78 is 0. The van der Waals surface area contributed by atoms with E-state index in [0.717, 1.165) is 124 Å². The van der Waals surface area contributed by atoms with Gasteiger partial charge in [0.2, 0.25) is 23.7 Å². The summed E-state index contributed by atoms with van der Waals surface area (Å²) in [6.45, 7) is 19.5. The molecular weight excluding hydrogens is 791 g/mol. The number of carbonyl (C=O) groups excluding carboxylic acids is 2. The molecule has 4 aromatic rings. The van der Waals surface area contributed by atoms with Gasteiger partial charge >= 0.3 is 0 Å². The van der Waals surface area contributed by atoms with E-state index < -0.39 is 0 Å². The van der Waals surface area contributed by atoms with Gasteiger partial charge in [-0.2, -0.15) is 9.97 Å². The molecule has 2 aromatic carbocycles. The molecule has 63 heavy (non-hydrogen) atoms. The monoisotopic (exact) mass is 858 g/mol. The molecule has 0 bridgehead atoms. The van der Waals surface area contributed by atoms with Crippen molar-refractivity contribution in [3.8, 4) is 0 Å². The highest BCUT2D eigenvalue weighted by Gasteiger charge is 2.35. The van der Waals surface area contributed by atoms with Crippen LogP contribution in [0, 0.1) is 0 Å². The molecule has 2 amide bonds. The lowest BCUT2D eigenvalue weighted by Gasteiger charge is -2.35.